The van der Waals surface area contributed by atoms with Crippen molar-refractivity contribution < 1.29 is 19.0 Å². The van der Waals surface area contributed by atoms with Gasteiger partial charge in [0, 0.05) is 12.0 Å². The molecule has 4 aliphatic carbocycles. The maximum atomic E-state index is 15.3. The van der Waals surface area contributed by atoms with Gasteiger partial charge in [0.05, 0.1) is 12.2 Å². The van der Waals surface area contributed by atoms with Gasteiger partial charge in [-0.2, -0.15) is 0 Å². The highest BCUT2D eigenvalue weighted by Crippen LogP contribution is 2.67. The zero-order valence-corrected chi connectivity index (χ0v) is 17.7. The number of rotatable bonds is 2. The van der Waals surface area contributed by atoms with Crippen molar-refractivity contribution in [2.24, 2.45) is 34.5 Å². The number of aliphatic hydroxyl groups is 1. The van der Waals surface area contributed by atoms with E-state index in [4.69, 9.17) is 9.47 Å². The van der Waals surface area contributed by atoms with E-state index in [-0.39, 0.29) is 35.7 Å². The van der Waals surface area contributed by atoms with Crippen LogP contribution in [0.1, 0.15) is 84.5 Å². The van der Waals surface area contributed by atoms with Crippen molar-refractivity contribution in [1.29, 1.82) is 0 Å². The Labute approximate surface area is 169 Å². The molecule has 0 amide bonds. The van der Waals surface area contributed by atoms with E-state index in [1.807, 2.05) is 0 Å². The Bertz CT molecular complexity index is 578. The van der Waals surface area contributed by atoms with Crippen LogP contribution >= 0.6 is 0 Å². The molecule has 1 heterocycles. The Morgan fingerprint density at radius 2 is 1.75 bits per heavy atom. The normalized spacial score (nSPS) is 56.6. The van der Waals surface area contributed by atoms with E-state index in [9.17, 15) is 5.11 Å². The first-order chi connectivity index (χ1) is 13.4. The fourth-order valence-corrected chi connectivity index (χ4v) is 8.41. The van der Waals surface area contributed by atoms with Crippen molar-refractivity contribution in [2.45, 2.75) is 109 Å². The van der Waals surface area contributed by atoms with Crippen LogP contribution in [0.3, 0.4) is 0 Å². The average molecular weight is 395 g/mol. The van der Waals surface area contributed by atoms with Gasteiger partial charge in [0.15, 0.2) is 6.29 Å². The van der Waals surface area contributed by atoms with Crippen LogP contribution in [0, 0.1) is 34.5 Å². The number of halogens is 1. The lowest BCUT2D eigenvalue weighted by Gasteiger charge is -2.61. The molecule has 0 bridgehead atoms. The summed E-state index contributed by atoms with van der Waals surface area (Å²) >= 11 is 0. The van der Waals surface area contributed by atoms with Crippen molar-refractivity contribution in [3.05, 3.63) is 0 Å². The second-order valence-corrected chi connectivity index (χ2v) is 11.2. The van der Waals surface area contributed by atoms with E-state index in [2.05, 4.69) is 13.8 Å². The topological polar surface area (TPSA) is 38.7 Å². The highest BCUT2D eigenvalue weighted by molar-refractivity contribution is 5.13. The van der Waals surface area contributed by atoms with Crippen LogP contribution in [0.5, 0.6) is 0 Å². The molecule has 10 atom stereocenters. The molecule has 0 spiro atoms. The summed E-state index contributed by atoms with van der Waals surface area (Å²) in [7, 11) is 0. The maximum absolute atomic E-state index is 15.3. The molecular weight excluding hydrogens is 355 g/mol. The van der Waals surface area contributed by atoms with Gasteiger partial charge >= 0.3 is 0 Å². The summed E-state index contributed by atoms with van der Waals surface area (Å²) in [5.41, 5.74) is 0.181. The van der Waals surface area contributed by atoms with Gasteiger partial charge in [0.1, 0.15) is 6.17 Å². The molecule has 28 heavy (non-hydrogen) atoms. The molecule has 1 saturated heterocycles. The quantitative estimate of drug-likeness (QED) is 0.695. The molecule has 5 rings (SSSR count). The largest absolute Gasteiger partial charge is 0.393 e. The number of hydrogen-bond donors (Lipinski definition) is 1. The van der Waals surface area contributed by atoms with E-state index in [1.165, 1.54) is 25.7 Å². The molecule has 4 heteroatoms. The molecule has 0 aromatic rings. The van der Waals surface area contributed by atoms with Gasteiger partial charge < -0.3 is 14.6 Å². The van der Waals surface area contributed by atoms with Crippen molar-refractivity contribution in [3.63, 3.8) is 0 Å². The standard InChI is InChI=1S/C24H39FO3/c1-23-10-5-3-7-15(23)13-19(26)21-16(23)9-11-24(2)17(21)14-18(25)22(24)28-20-8-4-6-12-27-20/h15-22,26H,3-14H2,1-2H3/t15?,16?,17?,18-,19?,20?,21?,22?,23?,24?/m1/s1. The lowest BCUT2D eigenvalue weighted by Crippen LogP contribution is -2.58. The Morgan fingerprint density at radius 3 is 2.54 bits per heavy atom. The average Bonchev–Trinajstić information content (AvgIpc) is 2.94. The SMILES string of the molecule is CC12CCCCC1CC(O)C1C2CCC2(C)C1C[C@@H](F)C2OC1CCCCO1. The number of alkyl halides is 1. The fraction of sp³-hybridized carbons (Fsp3) is 1.00. The third-order valence-corrected chi connectivity index (χ3v) is 9.93. The third kappa shape index (κ3) is 2.92. The summed E-state index contributed by atoms with van der Waals surface area (Å²) in [6.45, 7) is 5.48. The van der Waals surface area contributed by atoms with Gasteiger partial charge in [0.2, 0.25) is 0 Å². The zero-order chi connectivity index (χ0) is 19.5. The summed E-state index contributed by atoms with van der Waals surface area (Å²) in [5.74, 6) is 1.70. The molecule has 0 radical (unpaired) electrons. The molecule has 5 aliphatic rings. The van der Waals surface area contributed by atoms with Crippen molar-refractivity contribution in [2.75, 3.05) is 6.61 Å². The summed E-state index contributed by atoms with van der Waals surface area (Å²) in [6, 6.07) is 0. The van der Waals surface area contributed by atoms with Crippen LogP contribution in [0.25, 0.3) is 0 Å². The highest BCUT2D eigenvalue weighted by Gasteiger charge is 2.65. The van der Waals surface area contributed by atoms with E-state index in [0.29, 0.717) is 23.7 Å². The van der Waals surface area contributed by atoms with Crippen LogP contribution in [-0.4, -0.2) is 36.4 Å². The van der Waals surface area contributed by atoms with Crippen LogP contribution in [0.15, 0.2) is 0 Å². The minimum Gasteiger partial charge on any atom is -0.393 e. The molecule has 0 aromatic heterocycles. The second kappa shape index (κ2) is 7.20. The molecule has 5 fully saturated rings. The predicted octanol–water partition coefficient (Wildman–Crippen LogP) is 5.25. The number of hydrogen-bond acceptors (Lipinski definition) is 3. The van der Waals surface area contributed by atoms with Crippen molar-refractivity contribution >= 4 is 0 Å². The molecule has 160 valence electrons. The zero-order valence-electron chi connectivity index (χ0n) is 17.7. The number of ether oxygens (including phenoxy) is 2. The second-order valence-electron chi connectivity index (χ2n) is 11.2. The summed E-state index contributed by atoms with van der Waals surface area (Å²) < 4.78 is 27.4. The first kappa shape index (κ1) is 19.8. The Balaban J connectivity index is 1.40. The van der Waals surface area contributed by atoms with Crippen LogP contribution < -0.4 is 0 Å². The van der Waals surface area contributed by atoms with Crippen molar-refractivity contribution in [1.82, 2.24) is 0 Å². The summed E-state index contributed by atoms with van der Waals surface area (Å²) in [4.78, 5) is 0. The Morgan fingerprint density at radius 1 is 0.929 bits per heavy atom. The minimum atomic E-state index is -0.927. The van der Waals surface area contributed by atoms with E-state index in [1.54, 1.807) is 0 Å². The summed E-state index contributed by atoms with van der Waals surface area (Å²) in [6.07, 6.45) is 10.1. The number of aliphatic hydroxyl groups excluding tert-OH is 1. The lowest BCUT2D eigenvalue weighted by molar-refractivity contribution is -0.231. The first-order valence-corrected chi connectivity index (χ1v) is 12.0. The Hall–Kier alpha value is -0.190. The van der Waals surface area contributed by atoms with Gasteiger partial charge in [-0.3, -0.25) is 0 Å². The Kier molecular flexibility index (Phi) is 5.08. The van der Waals surface area contributed by atoms with Gasteiger partial charge in [-0.05, 0) is 86.9 Å². The van der Waals surface area contributed by atoms with E-state index < -0.39 is 6.17 Å². The van der Waals surface area contributed by atoms with Crippen LogP contribution in [0.4, 0.5) is 4.39 Å². The number of fused-ring (bicyclic) bond motifs is 5. The third-order valence-electron chi connectivity index (χ3n) is 9.93. The molecular formula is C24H39FO3. The van der Waals surface area contributed by atoms with Crippen LogP contribution in [0.2, 0.25) is 0 Å². The molecule has 1 aliphatic heterocycles. The molecule has 4 saturated carbocycles. The molecule has 1 N–H and O–H groups in total. The molecule has 3 nitrogen and oxygen atoms in total. The van der Waals surface area contributed by atoms with E-state index in [0.717, 1.165) is 45.1 Å². The van der Waals surface area contributed by atoms with Gasteiger partial charge in [-0.15, -0.1) is 0 Å². The van der Waals surface area contributed by atoms with Gasteiger partial charge in [0.25, 0.3) is 0 Å². The lowest BCUT2D eigenvalue weighted by atomic mass is 9.44. The summed E-state index contributed by atoms with van der Waals surface area (Å²) in [5, 5.41) is 11.2. The fourth-order valence-electron chi connectivity index (χ4n) is 8.41. The van der Waals surface area contributed by atoms with Gasteiger partial charge in [-0.25, -0.2) is 4.39 Å². The molecule has 9 unspecified atom stereocenters. The first-order valence-electron chi connectivity index (χ1n) is 12.0. The van der Waals surface area contributed by atoms with Crippen molar-refractivity contribution in [3.8, 4) is 0 Å². The monoisotopic (exact) mass is 394 g/mol. The minimum absolute atomic E-state index is 0.166. The molecule has 0 aromatic carbocycles. The predicted molar refractivity (Wildman–Crippen MR) is 106 cm³/mol. The van der Waals surface area contributed by atoms with Crippen LogP contribution in [-0.2, 0) is 9.47 Å². The smallest absolute Gasteiger partial charge is 0.158 e. The van der Waals surface area contributed by atoms with E-state index >= 15 is 4.39 Å². The maximum Gasteiger partial charge on any atom is 0.158 e. The highest BCUT2D eigenvalue weighted by atomic mass is 19.1. The van der Waals surface area contributed by atoms with Gasteiger partial charge in [-0.1, -0.05) is 26.7 Å².